The molecule has 124 valence electrons. The average molecular weight is 350 g/mol. The van der Waals surface area contributed by atoms with Gasteiger partial charge in [0, 0.05) is 18.1 Å². The Labute approximate surface area is 148 Å². The lowest BCUT2D eigenvalue weighted by Crippen LogP contribution is -2.63. The molecule has 3 unspecified atom stereocenters. The predicted molar refractivity (Wildman–Crippen MR) is 95.5 cm³/mol. The maximum Gasteiger partial charge on any atom is 0.273 e. The van der Waals surface area contributed by atoms with Crippen LogP contribution in [0.4, 0.5) is 5.69 Å². The van der Waals surface area contributed by atoms with Gasteiger partial charge in [-0.1, -0.05) is 60.3 Å². The molecule has 5 nitrogen and oxygen atoms in total. The molecule has 6 heteroatoms. The van der Waals surface area contributed by atoms with Crippen LogP contribution in [0.25, 0.3) is 0 Å². The lowest BCUT2D eigenvalue weighted by molar-refractivity contribution is -0.192. The summed E-state index contributed by atoms with van der Waals surface area (Å²) < 4.78 is 6.09. The molecule has 1 saturated heterocycles. The van der Waals surface area contributed by atoms with Crippen LogP contribution in [-0.2, 0) is 19.9 Å². The van der Waals surface area contributed by atoms with Crippen LogP contribution >= 0.6 is 11.8 Å². The molecule has 0 N–H and O–H groups in total. The number of para-hydroxylation sites is 1. The van der Waals surface area contributed by atoms with Gasteiger partial charge in [0.25, 0.3) is 5.91 Å². The van der Waals surface area contributed by atoms with Gasteiger partial charge in [0.15, 0.2) is 0 Å². The fourth-order valence-electron chi connectivity index (χ4n) is 3.75. The first-order valence-electron chi connectivity index (χ1n) is 8.05. The number of nitrogens with zero attached hydrogens (tertiary/aromatic N) is 2. The minimum absolute atomic E-state index is 0.195. The minimum atomic E-state index is -1.17. The third kappa shape index (κ3) is 1.81. The molecule has 3 aliphatic heterocycles. The van der Waals surface area contributed by atoms with Crippen molar-refractivity contribution < 1.29 is 14.3 Å². The smallest absolute Gasteiger partial charge is 0.273 e. The zero-order valence-electron chi connectivity index (χ0n) is 13.4. The Bertz CT molecular complexity index is 943. The number of hydrogen-bond acceptors (Lipinski definition) is 5. The number of thioether (sulfide) groups is 1. The standard InChI is InChI=1S/C19H14N2O3S/c1-11(22)21-14-10-6-5-9-13(14)19(18(21)23)15-17(24-19)25-16(20-15)12-7-3-2-4-8-12/h2-10,15,17H,1H3. The van der Waals surface area contributed by atoms with Crippen molar-refractivity contribution in [1.29, 1.82) is 0 Å². The second-order valence-corrected chi connectivity index (χ2v) is 7.35. The van der Waals surface area contributed by atoms with E-state index < -0.39 is 5.60 Å². The Morgan fingerprint density at radius 1 is 1.16 bits per heavy atom. The van der Waals surface area contributed by atoms with Crippen molar-refractivity contribution in [2.45, 2.75) is 24.0 Å². The Hall–Kier alpha value is -2.44. The normalized spacial score (nSPS) is 29.2. The number of hydrogen-bond donors (Lipinski definition) is 0. The number of anilines is 1. The van der Waals surface area contributed by atoms with E-state index in [-0.39, 0.29) is 23.3 Å². The summed E-state index contributed by atoms with van der Waals surface area (Å²) >= 11 is 1.53. The van der Waals surface area contributed by atoms with E-state index in [2.05, 4.69) is 0 Å². The highest BCUT2D eigenvalue weighted by atomic mass is 32.2. The van der Waals surface area contributed by atoms with Gasteiger partial charge in [-0.15, -0.1) is 0 Å². The van der Waals surface area contributed by atoms with Gasteiger partial charge in [-0.3, -0.25) is 14.6 Å². The minimum Gasteiger partial charge on any atom is -0.341 e. The van der Waals surface area contributed by atoms with Gasteiger partial charge in [-0.05, 0) is 6.07 Å². The first-order chi connectivity index (χ1) is 12.1. The summed E-state index contributed by atoms with van der Waals surface area (Å²) in [5.74, 6) is -0.639. The van der Waals surface area contributed by atoms with Crippen molar-refractivity contribution in [3.63, 3.8) is 0 Å². The van der Waals surface area contributed by atoms with Crippen molar-refractivity contribution in [3.05, 3.63) is 65.7 Å². The van der Waals surface area contributed by atoms with Gasteiger partial charge in [0.05, 0.1) is 5.69 Å². The molecule has 1 fully saturated rings. The number of benzene rings is 2. The van der Waals surface area contributed by atoms with E-state index >= 15 is 0 Å². The fourth-order valence-corrected chi connectivity index (χ4v) is 5.00. The number of carbonyl (C=O) groups excluding carboxylic acids is 2. The molecule has 2 aromatic carbocycles. The van der Waals surface area contributed by atoms with Crippen LogP contribution in [0.5, 0.6) is 0 Å². The van der Waals surface area contributed by atoms with Gasteiger partial charge in [0.1, 0.15) is 16.5 Å². The molecule has 0 saturated carbocycles. The van der Waals surface area contributed by atoms with Crippen LogP contribution < -0.4 is 4.90 Å². The maximum atomic E-state index is 13.1. The number of carbonyl (C=O) groups is 2. The predicted octanol–water partition coefficient (Wildman–Crippen LogP) is 2.69. The maximum absolute atomic E-state index is 13.1. The summed E-state index contributed by atoms with van der Waals surface area (Å²) in [6, 6.07) is 16.9. The second kappa shape index (κ2) is 5.03. The number of aliphatic imine (C=N–C) groups is 1. The summed E-state index contributed by atoms with van der Waals surface area (Å²) in [4.78, 5) is 31.1. The third-order valence-electron chi connectivity index (χ3n) is 4.86. The molecule has 3 atom stereocenters. The van der Waals surface area contributed by atoms with Gasteiger partial charge >= 0.3 is 0 Å². The van der Waals surface area contributed by atoms with Gasteiger partial charge < -0.3 is 4.74 Å². The van der Waals surface area contributed by atoms with Crippen molar-refractivity contribution in [2.24, 2.45) is 4.99 Å². The molecule has 2 amide bonds. The summed E-state index contributed by atoms with van der Waals surface area (Å²) in [5.41, 5.74) is 0.986. The SMILES string of the molecule is CC(=O)N1C(=O)C2(OC3SC(c4ccccc4)=NC32)c2ccccc21. The van der Waals surface area contributed by atoms with Crippen LogP contribution in [0.1, 0.15) is 18.1 Å². The van der Waals surface area contributed by atoms with Crippen molar-refractivity contribution >= 4 is 34.3 Å². The highest BCUT2D eigenvalue weighted by Gasteiger charge is 2.70. The summed E-state index contributed by atoms with van der Waals surface area (Å²) in [6.07, 6.45) is 0. The number of amides is 2. The molecule has 0 aliphatic carbocycles. The van der Waals surface area contributed by atoms with Crippen LogP contribution in [0.2, 0.25) is 0 Å². The first-order valence-corrected chi connectivity index (χ1v) is 8.93. The quantitative estimate of drug-likeness (QED) is 0.793. The van der Waals surface area contributed by atoms with E-state index in [1.165, 1.54) is 23.6 Å². The van der Waals surface area contributed by atoms with E-state index in [1.54, 1.807) is 6.07 Å². The lowest BCUT2D eigenvalue weighted by Gasteiger charge is -2.45. The van der Waals surface area contributed by atoms with Crippen molar-refractivity contribution in [2.75, 3.05) is 4.90 Å². The number of fused-ring (bicyclic) bond motifs is 4. The number of imide groups is 1. The molecule has 0 radical (unpaired) electrons. The van der Waals surface area contributed by atoms with E-state index in [4.69, 9.17) is 9.73 Å². The largest absolute Gasteiger partial charge is 0.341 e. The molecule has 0 bridgehead atoms. The zero-order valence-corrected chi connectivity index (χ0v) is 14.2. The van der Waals surface area contributed by atoms with Crippen LogP contribution in [-0.4, -0.2) is 28.3 Å². The molecule has 3 heterocycles. The highest BCUT2D eigenvalue weighted by molar-refractivity contribution is 8.15. The highest BCUT2D eigenvalue weighted by Crippen LogP contribution is 2.58. The van der Waals surface area contributed by atoms with Crippen LogP contribution in [0.3, 0.4) is 0 Å². The van der Waals surface area contributed by atoms with Crippen LogP contribution in [0.15, 0.2) is 59.6 Å². The molecular weight excluding hydrogens is 336 g/mol. The zero-order chi connectivity index (χ0) is 17.2. The Morgan fingerprint density at radius 2 is 1.88 bits per heavy atom. The average Bonchev–Trinajstić information content (AvgIpc) is 3.08. The second-order valence-electron chi connectivity index (χ2n) is 6.26. The molecule has 2 aromatic rings. The Kier molecular flexibility index (Phi) is 2.99. The third-order valence-corrected chi connectivity index (χ3v) is 6.01. The molecule has 25 heavy (non-hydrogen) atoms. The number of ether oxygens (including phenoxy) is 1. The van der Waals surface area contributed by atoms with Gasteiger partial charge in [0.2, 0.25) is 11.5 Å². The number of rotatable bonds is 1. The van der Waals surface area contributed by atoms with Gasteiger partial charge in [-0.2, -0.15) is 0 Å². The van der Waals surface area contributed by atoms with E-state index in [1.807, 2.05) is 48.5 Å². The fraction of sp³-hybridized carbons (Fsp3) is 0.211. The van der Waals surface area contributed by atoms with E-state index in [9.17, 15) is 9.59 Å². The van der Waals surface area contributed by atoms with Crippen LogP contribution in [0, 0.1) is 0 Å². The molecule has 0 aromatic heterocycles. The molecule has 3 aliphatic rings. The summed E-state index contributed by atoms with van der Waals surface area (Å²) in [6.45, 7) is 1.39. The van der Waals surface area contributed by atoms with Crippen molar-refractivity contribution in [1.82, 2.24) is 0 Å². The van der Waals surface area contributed by atoms with E-state index in [0.29, 0.717) is 5.69 Å². The van der Waals surface area contributed by atoms with E-state index in [0.717, 1.165) is 16.2 Å². The molecule has 1 spiro atoms. The monoisotopic (exact) mass is 350 g/mol. The Balaban J connectivity index is 1.61. The summed E-state index contributed by atoms with van der Waals surface area (Å²) in [7, 11) is 0. The topological polar surface area (TPSA) is 59.0 Å². The van der Waals surface area contributed by atoms with Crippen molar-refractivity contribution in [3.8, 4) is 0 Å². The first kappa shape index (κ1) is 14.9. The Morgan fingerprint density at radius 3 is 2.64 bits per heavy atom. The lowest BCUT2D eigenvalue weighted by atomic mass is 9.83. The molecule has 5 rings (SSSR count). The molecular formula is C19H14N2O3S. The van der Waals surface area contributed by atoms with Gasteiger partial charge in [-0.25, -0.2) is 4.90 Å². The summed E-state index contributed by atoms with van der Waals surface area (Å²) in [5, 5.41) is 0.874.